The number of nitrogens with one attached hydrogen (secondary N) is 2. The topological polar surface area (TPSA) is 87.7 Å². The Labute approximate surface area is 198 Å². The van der Waals surface area contributed by atoms with Crippen LogP contribution in [0.4, 0.5) is 17.1 Å². The van der Waals surface area contributed by atoms with Crippen LogP contribution in [0, 0.1) is 6.92 Å². The number of ether oxygens (including phenoxy) is 1. The third-order valence-corrected chi connectivity index (χ3v) is 5.38. The Morgan fingerprint density at radius 1 is 0.912 bits per heavy atom. The second-order valence-electron chi connectivity index (χ2n) is 7.79. The van der Waals surface area contributed by atoms with Gasteiger partial charge in [0.05, 0.1) is 23.6 Å². The zero-order valence-corrected chi connectivity index (χ0v) is 19.2. The van der Waals surface area contributed by atoms with Crippen molar-refractivity contribution in [2.75, 3.05) is 22.1 Å². The van der Waals surface area contributed by atoms with Gasteiger partial charge in [-0.1, -0.05) is 42.5 Å². The molecule has 0 saturated carbocycles. The quantitative estimate of drug-likeness (QED) is 0.502. The maximum atomic E-state index is 13.6. The first-order valence-corrected chi connectivity index (χ1v) is 11.0. The minimum Gasteiger partial charge on any atom is -0.492 e. The minimum atomic E-state index is -0.452. The van der Waals surface area contributed by atoms with E-state index in [9.17, 15) is 14.4 Å². The van der Waals surface area contributed by atoms with Crippen LogP contribution in [0.2, 0.25) is 0 Å². The summed E-state index contributed by atoms with van der Waals surface area (Å²) in [6, 6.07) is 21.3. The van der Waals surface area contributed by atoms with E-state index in [1.807, 2.05) is 38.1 Å². The van der Waals surface area contributed by atoms with Crippen molar-refractivity contribution in [1.29, 1.82) is 0 Å². The normalized spacial score (nSPS) is 13.3. The van der Waals surface area contributed by atoms with Crippen molar-refractivity contribution in [2.45, 2.75) is 20.8 Å². The zero-order chi connectivity index (χ0) is 24.2. The van der Waals surface area contributed by atoms with Crippen LogP contribution < -0.4 is 20.3 Å². The molecule has 172 valence electrons. The third kappa shape index (κ3) is 4.41. The summed E-state index contributed by atoms with van der Waals surface area (Å²) in [6.07, 6.45) is 0. The highest BCUT2D eigenvalue weighted by Gasteiger charge is 2.41. The molecule has 0 fully saturated rings. The molecule has 34 heavy (non-hydrogen) atoms. The van der Waals surface area contributed by atoms with E-state index in [-0.39, 0.29) is 17.2 Å². The zero-order valence-electron chi connectivity index (χ0n) is 19.2. The summed E-state index contributed by atoms with van der Waals surface area (Å²) in [5.41, 5.74) is 3.47. The van der Waals surface area contributed by atoms with Gasteiger partial charge in [-0.05, 0) is 55.3 Å². The van der Waals surface area contributed by atoms with Gasteiger partial charge in [-0.25, -0.2) is 4.90 Å². The number of benzene rings is 3. The molecule has 2 N–H and O–H groups in total. The van der Waals surface area contributed by atoms with Crippen molar-refractivity contribution < 1.29 is 19.1 Å². The van der Waals surface area contributed by atoms with E-state index in [2.05, 4.69) is 10.6 Å². The lowest BCUT2D eigenvalue weighted by atomic mass is 10.0. The molecule has 0 bridgehead atoms. The molecule has 4 rings (SSSR count). The Hall–Kier alpha value is -4.39. The number of carbonyl (C=O) groups excluding carboxylic acids is 3. The third-order valence-electron chi connectivity index (χ3n) is 5.38. The van der Waals surface area contributed by atoms with Gasteiger partial charge in [-0.15, -0.1) is 0 Å². The van der Waals surface area contributed by atoms with Crippen LogP contribution in [0.1, 0.15) is 25.0 Å². The van der Waals surface area contributed by atoms with Gasteiger partial charge in [0.15, 0.2) is 0 Å². The molecule has 3 amide bonds. The van der Waals surface area contributed by atoms with E-state index < -0.39 is 11.8 Å². The van der Waals surface area contributed by atoms with Gasteiger partial charge in [0, 0.05) is 12.6 Å². The Kier molecular flexibility index (Phi) is 6.45. The van der Waals surface area contributed by atoms with Gasteiger partial charge in [0.25, 0.3) is 11.8 Å². The maximum absolute atomic E-state index is 13.6. The van der Waals surface area contributed by atoms with Crippen LogP contribution in [0.5, 0.6) is 5.75 Å². The SMILES string of the molecule is CCOc1ccccc1NC1=C(c2ccc(NC(C)=O)cc2)C(=O)N(c2ccccc2C)C1=O. The van der Waals surface area contributed by atoms with Gasteiger partial charge in [-0.3, -0.25) is 14.4 Å². The summed E-state index contributed by atoms with van der Waals surface area (Å²) in [5, 5.41) is 5.87. The first-order chi connectivity index (χ1) is 16.4. The van der Waals surface area contributed by atoms with Gasteiger partial charge in [-0.2, -0.15) is 0 Å². The Balaban J connectivity index is 1.82. The van der Waals surface area contributed by atoms with Crippen molar-refractivity contribution in [3.63, 3.8) is 0 Å². The number of nitrogens with zero attached hydrogens (tertiary/aromatic N) is 1. The Bertz CT molecular complexity index is 1300. The maximum Gasteiger partial charge on any atom is 0.282 e. The predicted molar refractivity (Wildman–Crippen MR) is 133 cm³/mol. The first-order valence-electron chi connectivity index (χ1n) is 11.0. The van der Waals surface area contributed by atoms with Crippen molar-refractivity contribution >= 4 is 40.4 Å². The molecule has 7 heteroatoms. The smallest absolute Gasteiger partial charge is 0.282 e. The largest absolute Gasteiger partial charge is 0.492 e. The number of hydrogen-bond donors (Lipinski definition) is 2. The molecule has 0 spiro atoms. The summed E-state index contributed by atoms with van der Waals surface area (Å²) in [7, 11) is 0. The van der Waals surface area contributed by atoms with Crippen LogP contribution in [0.25, 0.3) is 5.57 Å². The number of rotatable bonds is 7. The summed E-state index contributed by atoms with van der Waals surface area (Å²) in [5.74, 6) is -0.498. The highest BCUT2D eigenvalue weighted by molar-refractivity contribution is 6.46. The molecule has 0 radical (unpaired) electrons. The molecule has 0 saturated heterocycles. The van der Waals surface area contributed by atoms with Gasteiger partial charge in [0.2, 0.25) is 5.91 Å². The fourth-order valence-corrected chi connectivity index (χ4v) is 3.86. The number of aryl methyl sites for hydroxylation is 1. The predicted octanol–water partition coefficient (Wildman–Crippen LogP) is 4.75. The molecule has 0 atom stereocenters. The van der Waals surface area contributed by atoms with E-state index in [1.54, 1.807) is 48.5 Å². The molecule has 0 aliphatic carbocycles. The second kappa shape index (κ2) is 9.62. The number of carbonyl (C=O) groups is 3. The van der Waals surface area contributed by atoms with Crippen LogP contribution >= 0.6 is 0 Å². The van der Waals surface area contributed by atoms with E-state index in [4.69, 9.17) is 4.74 Å². The molecule has 1 aliphatic rings. The van der Waals surface area contributed by atoms with Crippen molar-refractivity contribution in [3.05, 3.63) is 89.6 Å². The molecule has 1 heterocycles. The molecular formula is C27H25N3O4. The molecule has 7 nitrogen and oxygen atoms in total. The van der Waals surface area contributed by atoms with E-state index in [0.29, 0.717) is 35.0 Å². The highest BCUT2D eigenvalue weighted by Crippen LogP contribution is 2.36. The lowest BCUT2D eigenvalue weighted by Gasteiger charge is -2.18. The van der Waals surface area contributed by atoms with E-state index in [1.165, 1.54) is 11.8 Å². The minimum absolute atomic E-state index is 0.160. The van der Waals surface area contributed by atoms with E-state index in [0.717, 1.165) is 5.56 Å². The summed E-state index contributed by atoms with van der Waals surface area (Å²) in [6.45, 7) is 5.61. The molecule has 3 aromatic carbocycles. The van der Waals surface area contributed by atoms with Crippen LogP contribution in [-0.2, 0) is 14.4 Å². The number of amides is 3. The number of para-hydroxylation sites is 3. The van der Waals surface area contributed by atoms with Gasteiger partial charge < -0.3 is 15.4 Å². The summed E-state index contributed by atoms with van der Waals surface area (Å²) in [4.78, 5) is 39.8. The van der Waals surface area contributed by atoms with E-state index >= 15 is 0 Å². The number of imide groups is 1. The van der Waals surface area contributed by atoms with Crippen molar-refractivity contribution in [2.24, 2.45) is 0 Å². The molecule has 0 aromatic heterocycles. The number of hydrogen-bond acceptors (Lipinski definition) is 5. The summed E-state index contributed by atoms with van der Waals surface area (Å²) < 4.78 is 5.70. The fourth-order valence-electron chi connectivity index (χ4n) is 3.86. The molecule has 3 aromatic rings. The van der Waals surface area contributed by atoms with Crippen LogP contribution in [0.3, 0.4) is 0 Å². The van der Waals surface area contributed by atoms with Gasteiger partial charge >= 0.3 is 0 Å². The van der Waals surface area contributed by atoms with Crippen LogP contribution in [0.15, 0.2) is 78.5 Å². The number of anilines is 3. The van der Waals surface area contributed by atoms with Gasteiger partial charge in [0.1, 0.15) is 11.4 Å². The second-order valence-corrected chi connectivity index (χ2v) is 7.79. The lowest BCUT2D eigenvalue weighted by Crippen LogP contribution is -2.33. The molecule has 1 aliphatic heterocycles. The standard InChI is InChI=1S/C27H25N3O4/c1-4-34-23-12-8-6-10-21(23)29-25-24(19-13-15-20(16-14-19)28-18(3)31)26(32)30(27(25)33)22-11-7-5-9-17(22)2/h5-16,29H,4H2,1-3H3,(H,28,31). The van der Waals surface area contributed by atoms with Crippen molar-refractivity contribution in [1.82, 2.24) is 0 Å². The van der Waals surface area contributed by atoms with Crippen molar-refractivity contribution in [3.8, 4) is 5.75 Å². The average Bonchev–Trinajstić information content (AvgIpc) is 3.05. The average molecular weight is 456 g/mol. The molecular weight excluding hydrogens is 430 g/mol. The Morgan fingerprint density at radius 2 is 1.59 bits per heavy atom. The molecule has 0 unspecified atom stereocenters. The first kappa shape index (κ1) is 22.8. The Morgan fingerprint density at radius 3 is 2.26 bits per heavy atom. The highest BCUT2D eigenvalue weighted by atomic mass is 16.5. The monoisotopic (exact) mass is 455 g/mol. The van der Waals surface area contributed by atoms with Crippen LogP contribution in [-0.4, -0.2) is 24.3 Å². The lowest BCUT2D eigenvalue weighted by molar-refractivity contribution is -0.120. The summed E-state index contributed by atoms with van der Waals surface area (Å²) >= 11 is 0. The fraction of sp³-hybridized carbons (Fsp3) is 0.148.